The van der Waals surface area contributed by atoms with Crippen molar-refractivity contribution in [1.29, 1.82) is 0 Å². The van der Waals surface area contributed by atoms with Crippen molar-refractivity contribution >= 4 is 0 Å². The van der Waals surface area contributed by atoms with Gasteiger partial charge in [0, 0.05) is 0 Å². The monoisotopic (exact) mass is 412 g/mol. The Morgan fingerprint density at radius 3 is 1.90 bits per heavy atom. The average Bonchev–Trinajstić information content (AvgIpc) is 2.80. The molecule has 30 heavy (non-hydrogen) atoms. The number of rotatable bonds is 11. The fourth-order valence-corrected chi connectivity index (χ4v) is 6.00. The maximum atomic E-state index is 12.1. The molecule has 0 amide bonds. The second-order valence-electron chi connectivity index (χ2n) is 10.3. The van der Waals surface area contributed by atoms with E-state index in [1.54, 1.807) is 11.6 Å². The SMILES string of the molecule is CCCCCc1ccc(C2CCC(CCC3CCC(CCC=CF)CC3)CC2)cc1. The summed E-state index contributed by atoms with van der Waals surface area (Å²) in [7, 11) is 0. The highest BCUT2D eigenvalue weighted by atomic mass is 19.1. The van der Waals surface area contributed by atoms with Gasteiger partial charge in [-0.3, -0.25) is 0 Å². The van der Waals surface area contributed by atoms with Gasteiger partial charge in [-0.05, 0) is 86.2 Å². The molecule has 0 saturated heterocycles. The van der Waals surface area contributed by atoms with Crippen LogP contribution in [0.4, 0.5) is 4.39 Å². The molecule has 0 N–H and O–H groups in total. The summed E-state index contributed by atoms with van der Waals surface area (Å²) in [5, 5.41) is 0. The summed E-state index contributed by atoms with van der Waals surface area (Å²) in [5.41, 5.74) is 3.11. The first-order chi connectivity index (χ1) is 14.8. The lowest BCUT2D eigenvalue weighted by molar-refractivity contribution is 0.225. The van der Waals surface area contributed by atoms with Gasteiger partial charge in [-0.1, -0.05) is 88.6 Å². The van der Waals surface area contributed by atoms with Crippen molar-refractivity contribution in [2.24, 2.45) is 17.8 Å². The van der Waals surface area contributed by atoms with Gasteiger partial charge in [0.1, 0.15) is 0 Å². The van der Waals surface area contributed by atoms with Gasteiger partial charge in [-0.15, -0.1) is 0 Å². The first kappa shape index (κ1) is 23.6. The topological polar surface area (TPSA) is 0 Å². The van der Waals surface area contributed by atoms with Gasteiger partial charge in [0.15, 0.2) is 0 Å². The van der Waals surface area contributed by atoms with Crippen molar-refractivity contribution < 1.29 is 4.39 Å². The highest BCUT2D eigenvalue weighted by molar-refractivity contribution is 5.26. The highest BCUT2D eigenvalue weighted by Gasteiger charge is 2.25. The van der Waals surface area contributed by atoms with E-state index in [2.05, 4.69) is 31.2 Å². The molecule has 0 aromatic heterocycles. The normalized spacial score (nSPS) is 27.5. The summed E-state index contributed by atoms with van der Waals surface area (Å²) < 4.78 is 12.1. The fourth-order valence-electron chi connectivity index (χ4n) is 6.00. The predicted molar refractivity (Wildman–Crippen MR) is 129 cm³/mol. The van der Waals surface area contributed by atoms with E-state index in [0.29, 0.717) is 6.33 Å². The van der Waals surface area contributed by atoms with Crippen molar-refractivity contribution in [2.45, 2.75) is 116 Å². The van der Waals surface area contributed by atoms with Gasteiger partial charge in [0.25, 0.3) is 0 Å². The van der Waals surface area contributed by atoms with E-state index in [0.717, 1.165) is 30.1 Å². The minimum absolute atomic E-state index is 0.712. The largest absolute Gasteiger partial charge is 0.216 e. The summed E-state index contributed by atoms with van der Waals surface area (Å²) >= 11 is 0. The van der Waals surface area contributed by atoms with E-state index in [1.807, 2.05) is 0 Å². The number of benzene rings is 1. The van der Waals surface area contributed by atoms with Gasteiger partial charge in [-0.2, -0.15) is 0 Å². The molecule has 1 heteroatoms. The van der Waals surface area contributed by atoms with Crippen LogP contribution in [-0.4, -0.2) is 0 Å². The van der Waals surface area contributed by atoms with Gasteiger partial charge >= 0.3 is 0 Å². The fraction of sp³-hybridized carbons (Fsp3) is 0.724. The van der Waals surface area contributed by atoms with Crippen LogP contribution < -0.4 is 0 Å². The molecule has 2 aliphatic rings. The molecule has 1 aromatic carbocycles. The van der Waals surface area contributed by atoms with Crippen molar-refractivity contribution in [3.05, 3.63) is 47.8 Å². The van der Waals surface area contributed by atoms with Crippen LogP contribution in [-0.2, 0) is 6.42 Å². The lowest BCUT2D eigenvalue weighted by Crippen LogP contribution is -2.17. The average molecular weight is 413 g/mol. The van der Waals surface area contributed by atoms with E-state index in [4.69, 9.17) is 0 Å². The maximum absolute atomic E-state index is 12.1. The summed E-state index contributed by atoms with van der Waals surface area (Å²) in [5.74, 6) is 3.60. The standard InChI is InChI=1S/C29H45F/c1-2-3-4-7-25-15-19-28(20-16-25)29-21-17-27(18-22-29)14-13-26-11-9-24(10-12-26)8-5-6-23-30/h6,15-16,19-20,23-24,26-27,29H,2-5,7-14,17-18,21-22H2,1H3. The third-order valence-corrected chi connectivity index (χ3v) is 8.15. The van der Waals surface area contributed by atoms with Crippen LogP contribution in [0.5, 0.6) is 0 Å². The van der Waals surface area contributed by atoms with E-state index in [-0.39, 0.29) is 0 Å². The van der Waals surface area contributed by atoms with E-state index < -0.39 is 0 Å². The van der Waals surface area contributed by atoms with Gasteiger partial charge in [0.2, 0.25) is 0 Å². The Bertz CT molecular complexity index is 585. The minimum atomic E-state index is 0.712. The molecule has 0 heterocycles. The molecule has 2 fully saturated rings. The van der Waals surface area contributed by atoms with Gasteiger partial charge < -0.3 is 0 Å². The van der Waals surface area contributed by atoms with Crippen LogP contribution >= 0.6 is 0 Å². The number of aryl methyl sites for hydroxylation is 1. The van der Waals surface area contributed by atoms with E-state index in [1.165, 1.54) is 102 Å². The zero-order valence-electron chi connectivity index (χ0n) is 19.5. The Hall–Kier alpha value is -1.11. The molecular weight excluding hydrogens is 367 g/mol. The van der Waals surface area contributed by atoms with Gasteiger partial charge in [-0.25, -0.2) is 4.39 Å². The van der Waals surface area contributed by atoms with E-state index in [9.17, 15) is 4.39 Å². The molecule has 0 bridgehead atoms. The zero-order valence-corrected chi connectivity index (χ0v) is 19.5. The minimum Gasteiger partial charge on any atom is -0.216 e. The third-order valence-electron chi connectivity index (χ3n) is 8.15. The Morgan fingerprint density at radius 1 is 0.767 bits per heavy atom. The lowest BCUT2D eigenvalue weighted by atomic mass is 9.74. The molecule has 0 radical (unpaired) electrons. The third kappa shape index (κ3) is 7.86. The van der Waals surface area contributed by atoms with Crippen LogP contribution in [0.3, 0.4) is 0 Å². The number of hydrogen-bond donors (Lipinski definition) is 0. The van der Waals surface area contributed by atoms with Crippen LogP contribution in [0.2, 0.25) is 0 Å². The highest BCUT2D eigenvalue weighted by Crippen LogP contribution is 2.40. The summed E-state index contributed by atoms with van der Waals surface area (Å²) in [6, 6.07) is 9.63. The second-order valence-corrected chi connectivity index (χ2v) is 10.3. The quantitative estimate of drug-likeness (QED) is 0.317. The number of allylic oxidation sites excluding steroid dienone is 1. The predicted octanol–water partition coefficient (Wildman–Crippen LogP) is 9.54. The summed E-state index contributed by atoms with van der Waals surface area (Å²) in [6.07, 6.45) is 23.9. The van der Waals surface area contributed by atoms with Crippen molar-refractivity contribution in [3.63, 3.8) is 0 Å². The molecule has 0 spiro atoms. The van der Waals surface area contributed by atoms with Gasteiger partial charge in [0.05, 0.1) is 6.33 Å². The second kappa shape index (κ2) is 13.3. The molecule has 2 aliphatic carbocycles. The van der Waals surface area contributed by atoms with E-state index >= 15 is 0 Å². The van der Waals surface area contributed by atoms with Crippen LogP contribution in [0.15, 0.2) is 36.7 Å². The molecule has 2 saturated carbocycles. The van der Waals surface area contributed by atoms with Crippen molar-refractivity contribution in [3.8, 4) is 0 Å². The maximum Gasteiger partial charge on any atom is 0.0827 e. The first-order valence-corrected chi connectivity index (χ1v) is 13.1. The molecule has 1 aromatic rings. The Morgan fingerprint density at radius 2 is 1.33 bits per heavy atom. The molecule has 3 rings (SSSR count). The Balaban J connectivity index is 1.30. The smallest absolute Gasteiger partial charge is 0.0827 e. The number of hydrogen-bond acceptors (Lipinski definition) is 0. The van der Waals surface area contributed by atoms with Crippen LogP contribution in [0.1, 0.15) is 120 Å². The van der Waals surface area contributed by atoms with Crippen molar-refractivity contribution in [1.82, 2.24) is 0 Å². The summed E-state index contributed by atoms with van der Waals surface area (Å²) in [4.78, 5) is 0. The molecule has 0 atom stereocenters. The zero-order chi connectivity index (χ0) is 21.0. The van der Waals surface area contributed by atoms with Crippen LogP contribution in [0.25, 0.3) is 0 Å². The molecule has 0 unspecified atom stereocenters. The van der Waals surface area contributed by atoms with Crippen LogP contribution in [0, 0.1) is 17.8 Å². The lowest BCUT2D eigenvalue weighted by Gasteiger charge is -2.32. The Labute approximate surface area is 185 Å². The molecule has 168 valence electrons. The first-order valence-electron chi connectivity index (χ1n) is 13.1. The molecular formula is C29H45F. The van der Waals surface area contributed by atoms with Crippen molar-refractivity contribution in [2.75, 3.05) is 0 Å². The number of halogens is 1. The Kier molecular flexibility index (Phi) is 10.5. The summed E-state index contributed by atoms with van der Waals surface area (Å²) in [6.45, 7) is 2.28. The molecule has 0 nitrogen and oxygen atoms in total. The number of unbranched alkanes of at least 4 members (excludes halogenated alkanes) is 2. The molecule has 0 aliphatic heterocycles.